The third-order valence-electron chi connectivity index (χ3n) is 2.02. The van der Waals surface area contributed by atoms with Crippen molar-refractivity contribution in [3.63, 3.8) is 0 Å². The second kappa shape index (κ2) is 5.33. The van der Waals surface area contributed by atoms with E-state index in [-0.39, 0.29) is 11.1 Å². The Bertz CT molecular complexity index is 569. The van der Waals surface area contributed by atoms with Gasteiger partial charge in [-0.05, 0) is 23.3 Å². The Balaban J connectivity index is 2.25. The Hall–Kier alpha value is -1.80. The van der Waals surface area contributed by atoms with Gasteiger partial charge in [-0.15, -0.1) is 0 Å². The molecule has 0 aliphatic carbocycles. The molecule has 0 aliphatic heterocycles. The molecule has 0 atom stereocenters. The van der Waals surface area contributed by atoms with Crippen LogP contribution in [0.4, 0.5) is 5.69 Å². The van der Waals surface area contributed by atoms with Crippen LogP contribution in [0.5, 0.6) is 0 Å². The summed E-state index contributed by atoms with van der Waals surface area (Å²) in [6.45, 7) is -4.49. The molecule has 0 aliphatic rings. The van der Waals surface area contributed by atoms with Crippen molar-refractivity contribution < 1.29 is 10.2 Å². The molecular formula is C14H15NO. The van der Waals surface area contributed by atoms with Crippen molar-refractivity contribution in [3.8, 4) is 0 Å². The maximum Gasteiger partial charge on any atom is 0.0721 e. The topological polar surface area (TPSA) is 35.2 Å². The lowest BCUT2D eigenvalue weighted by molar-refractivity contribution is 0.107. The Labute approximate surface area is 101 Å². The van der Waals surface area contributed by atoms with E-state index in [4.69, 9.17) is 16.0 Å². The summed E-state index contributed by atoms with van der Waals surface area (Å²) in [6.07, 6.45) is 0. The van der Waals surface area contributed by atoms with E-state index in [1.54, 1.807) is 42.5 Å². The minimum Gasteiger partial charge on any atom is -0.399 e. The fourth-order valence-corrected chi connectivity index (χ4v) is 1.20. The number of hydrogen-bond donors (Lipinski definition) is 1. The third kappa shape index (κ3) is 3.11. The minimum atomic E-state index is -2.26. The van der Waals surface area contributed by atoms with E-state index in [0.29, 0.717) is 5.69 Å². The highest BCUT2D eigenvalue weighted by Crippen LogP contribution is 2.08. The van der Waals surface area contributed by atoms with Crippen LogP contribution < -0.4 is 5.73 Å². The Morgan fingerprint density at radius 3 is 2.06 bits per heavy atom. The lowest BCUT2D eigenvalue weighted by Crippen LogP contribution is -1.94. The molecule has 0 fully saturated rings. The van der Waals surface area contributed by atoms with Gasteiger partial charge in [-0.25, -0.2) is 0 Å². The van der Waals surface area contributed by atoms with Crippen LogP contribution in [0.3, 0.4) is 0 Å². The predicted octanol–water partition coefficient (Wildman–Crippen LogP) is 2.99. The standard InChI is InChI=1S/C14H15NO/c15-14-8-6-13(7-9-14)11-16-10-12-4-2-1-3-5-12/h1-9H,10-11,15H2/i10D2,11D2. The van der Waals surface area contributed by atoms with Crippen molar-refractivity contribution in [3.05, 3.63) is 65.7 Å². The average Bonchev–Trinajstić information content (AvgIpc) is 2.39. The summed E-state index contributed by atoms with van der Waals surface area (Å²) >= 11 is 0. The molecule has 0 spiro atoms. The first-order chi connectivity index (χ1) is 9.31. The number of anilines is 1. The van der Waals surface area contributed by atoms with Gasteiger partial charge in [0.05, 0.1) is 18.6 Å². The fraction of sp³-hybridized carbons (Fsp3) is 0.143. The van der Waals surface area contributed by atoms with Crippen LogP contribution >= 0.6 is 0 Å². The maximum atomic E-state index is 7.91. The predicted molar refractivity (Wildman–Crippen MR) is 65.8 cm³/mol. The zero-order valence-corrected chi connectivity index (χ0v) is 8.68. The van der Waals surface area contributed by atoms with E-state index < -0.39 is 13.1 Å². The minimum absolute atomic E-state index is 0.214. The molecular weight excluding hydrogens is 198 g/mol. The second-order valence-corrected chi connectivity index (χ2v) is 3.29. The molecule has 2 aromatic rings. The van der Waals surface area contributed by atoms with E-state index in [0.717, 1.165) is 0 Å². The fourth-order valence-electron chi connectivity index (χ4n) is 1.20. The highest BCUT2D eigenvalue weighted by atomic mass is 16.5. The quantitative estimate of drug-likeness (QED) is 0.799. The first-order valence-corrected chi connectivity index (χ1v) is 4.93. The second-order valence-electron chi connectivity index (χ2n) is 3.29. The number of hydrogen-bond acceptors (Lipinski definition) is 2. The molecule has 0 aromatic heterocycles. The van der Waals surface area contributed by atoms with Gasteiger partial charge in [0.1, 0.15) is 0 Å². The number of nitrogen functional groups attached to an aromatic ring is 1. The summed E-state index contributed by atoms with van der Waals surface area (Å²) in [5, 5.41) is 0. The Morgan fingerprint density at radius 1 is 0.875 bits per heavy atom. The van der Waals surface area contributed by atoms with E-state index in [1.165, 1.54) is 12.1 Å². The van der Waals surface area contributed by atoms with Gasteiger partial charge in [-0.1, -0.05) is 42.5 Å². The molecule has 16 heavy (non-hydrogen) atoms. The van der Waals surface area contributed by atoms with Gasteiger partial charge in [0.25, 0.3) is 0 Å². The Morgan fingerprint density at radius 2 is 1.44 bits per heavy atom. The maximum absolute atomic E-state index is 7.91. The van der Waals surface area contributed by atoms with Crippen LogP contribution in [-0.2, 0) is 17.9 Å². The summed E-state index contributed by atoms with van der Waals surface area (Å²) in [6, 6.07) is 14.3. The molecule has 0 amide bonds. The zero-order valence-electron chi connectivity index (χ0n) is 12.7. The molecule has 0 saturated heterocycles. The van der Waals surface area contributed by atoms with Crippen molar-refractivity contribution in [2.45, 2.75) is 13.1 Å². The van der Waals surface area contributed by atoms with Crippen LogP contribution in [0.1, 0.15) is 16.6 Å². The normalized spacial score (nSPS) is 15.8. The van der Waals surface area contributed by atoms with E-state index in [1.807, 2.05) is 0 Å². The molecule has 0 bridgehead atoms. The summed E-state index contributed by atoms with van der Waals surface area (Å²) in [5.74, 6) is 0. The highest BCUT2D eigenvalue weighted by Gasteiger charge is 1.94. The molecule has 2 nitrogen and oxygen atoms in total. The lowest BCUT2D eigenvalue weighted by Gasteiger charge is -2.04. The van der Waals surface area contributed by atoms with Gasteiger partial charge in [-0.2, -0.15) is 0 Å². The van der Waals surface area contributed by atoms with Gasteiger partial charge in [-0.3, -0.25) is 0 Å². The lowest BCUT2D eigenvalue weighted by atomic mass is 10.2. The van der Waals surface area contributed by atoms with Gasteiger partial charge >= 0.3 is 0 Å². The highest BCUT2D eigenvalue weighted by molar-refractivity contribution is 5.39. The molecule has 2 N–H and O–H groups in total. The summed E-state index contributed by atoms with van der Waals surface area (Å²) in [5.41, 5.74) is 6.54. The van der Waals surface area contributed by atoms with Crippen molar-refractivity contribution in [2.24, 2.45) is 0 Å². The van der Waals surface area contributed by atoms with Crippen molar-refractivity contribution in [2.75, 3.05) is 5.73 Å². The summed E-state index contributed by atoms with van der Waals surface area (Å²) in [4.78, 5) is 0. The van der Waals surface area contributed by atoms with Crippen molar-refractivity contribution in [1.29, 1.82) is 0 Å². The first kappa shape index (κ1) is 6.71. The van der Waals surface area contributed by atoms with Crippen LogP contribution in [0.25, 0.3) is 0 Å². The molecule has 0 saturated carbocycles. The van der Waals surface area contributed by atoms with Crippen molar-refractivity contribution in [1.82, 2.24) is 0 Å². The zero-order chi connectivity index (χ0) is 14.8. The van der Waals surface area contributed by atoms with Gasteiger partial charge in [0.15, 0.2) is 0 Å². The van der Waals surface area contributed by atoms with E-state index in [2.05, 4.69) is 0 Å². The molecule has 0 heterocycles. The van der Waals surface area contributed by atoms with Crippen LogP contribution in [-0.4, -0.2) is 0 Å². The molecule has 2 aromatic carbocycles. The van der Waals surface area contributed by atoms with Crippen LogP contribution in [0.2, 0.25) is 0 Å². The number of rotatable bonds is 4. The molecule has 2 rings (SSSR count). The van der Waals surface area contributed by atoms with Crippen molar-refractivity contribution >= 4 is 5.69 Å². The van der Waals surface area contributed by atoms with Crippen LogP contribution in [0, 0.1) is 0 Å². The summed E-state index contributed by atoms with van der Waals surface area (Å²) < 4.78 is 36.7. The van der Waals surface area contributed by atoms with E-state index in [9.17, 15) is 0 Å². The average molecular weight is 217 g/mol. The number of benzene rings is 2. The number of nitrogens with two attached hydrogens (primary N) is 1. The monoisotopic (exact) mass is 217 g/mol. The van der Waals surface area contributed by atoms with Crippen LogP contribution in [0.15, 0.2) is 54.6 Å². The third-order valence-corrected chi connectivity index (χ3v) is 2.02. The molecule has 2 heteroatoms. The smallest absolute Gasteiger partial charge is 0.0721 e. The number of ether oxygens (including phenoxy) is 1. The SMILES string of the molecule is [2H]C([2H])(OC([2H])([2H])c1ccc(N)cc1)c1ccccc1. The van der Waals surface area contributed by atoms with Gasteiger partial charge in [0, 0.05) is 5.69 Å². The Kier molecular flexibility index (Phi) is 2.24. The summed E-state index contributed by atoms with van der Waals surface area (Å²) in [7, 11) is 0. The van der Waals surface area contributed by atoms with Gasteiger partial charge < -0.3 is 10.5 Å². The van der Waals surface area contributed by atoms with E-state index >= 15 is 0 Å². The van der Waals surface area contributed by atoms with Gasteiger partial charge in [0.2, 0.25) is 0 Å². The first-order valence-electron chi connectivity index (χ1n) is 6.93. The molecule has 0 unspecified atom stereocenters. The largest absolute Gasteiger partial charge is 0.399 e. The molecule has 0 radical (unpaired) electrons. The molecule has 82 valence electrons.